The Labute approximate surface area is 87.0 Å². The molecule has 86 valence electrons. The molecule has 0 saturated heterocycles. The number of methoxy groups -OCH3 is 1. The van der Waals surface area contributed by atoms with Crippen molar-refractivity contribution in [1.82, 2.24) is 5.01 Å². The quantitative estimate of drug-likeness (QED) is 0.202. The average Bonchev–Trinajstić information content (AvgIpc) is 2.24. The molecule has 3 N–H and O–H groups in total. The molecule has 0 saturated carbocycles. The molecule has 0 unspecified atom stereocenters. The summed E-state index contributed by atoms with van der Waals surface area (Å²) in [5.41, 5.74) is 0. The van der Waals surface area contributed by atoms with E-state index in [4.69, 9.17) is 10.9 Å². The smallest absolute Gasteiger partial charge is 0.424 e. The van der Waals surface area contributed by atoms with Gasteiger partial charge in [0.05, 0.1) is 13.7 Å². The number of nitrogens with two attached hydrogens (primary N) is 1. The number of hydrogen-bond acceptors (Lipinski definition) is 6. The van der Waals surface area contributed by atoms with Crippen molar-refractivity contribution in [3.05, 3.63) is 12.7 Å². The highest BCUT2D eigenvalue weighted by atomic mass is 16.6. The maximum Gasteiger partial charge on any atom is 0.424 e. The van der Waals surface area contributed by atoms with Gasteiger partial charge in [0, 0.05) is 0 Å². The number of nitrogens with zero attached hydrogens (tertiary/aromatic N) is 1. The van der Waals surface area contributed by atoms with Crippen molar-refractivity contribution in [2.45, 2.75) is 6.10 Å². The molecule has 0 aliphatic heterocycles. The first-order chi connectivity index (χ1) is 7.02. The van der Waals surface area contributed by atoms with E-state index in [9.17, 15) is 9.59 Å². The van der Waals surface area contributed by atoms with E-state index in [2.05, 4.69) is 16.1 Å². The molecule has 7 heteroatoms. The highest BCUT2D eigenvalue weighted by molar-refractivity contribution is 5.75. The molecule has 0 aliphatic rings. The number of rotatable bonds is 5. The van der Waals surface area contributed by atoms with Gasteiger partial charge in [-0.1, -0.05) is 12.7 Å². The Hall–Kier alpha value is -1.60. The van der Waals surface area contributed by atoms with Crippen molar-refractivity contribution >= 4 is 12.1 Å². The fourth-order valence-corrected chi connectivity index (χ4v) is 0.685. The van der Waals surface area contributed by atoms with E-state index in [1.807, 2.05) is 0 Å². The fourth-order valence-electron chi connectivity index (χ4n) is 0.685. The minimum atomic E-state index is -1.49. The second-order valence-corrected chi connectivity index (χ2v) is 2.56. The molecule has 0 aliphatic carbocycles. The van der Waals surface area contributed by atoms with Crippen LogP contribution in [0.2, 0.25) is 0 Å². The maximum absolute atomic E-state index is 11.0. The topological polar surface area (TPSA) is 102 Å². The fraction of sp³-hybridized carbons (Fsp3) is 0.500. The van der Waals surface area contributed by atoms with Crippen LogP contribution < -0.4 is 5.84 Å². The molecule has 0 aromatic heterocycles. The highest BCUT2D eigenvalue weighted by Gasteiger charge is 2.21. The molecule has 0 rings (SSSR count). The zero-order valence-corrected chi connectivity index (χ0v) is 8.38. The van der Waals surface area contributed by atoms with Gasteiger partial charge >= 0.3 is 12.1 Å². The molecule has 0 spiro atoms. The van der Waals surface area contributed by atoms with E-state index >= 15 is 0 Å². The number of carbonyl (C=O) groups is 2. The Bertz CT molecular complexity index is 243. The van der Waals surface area contributed by atoms with Crippen LogP contribution in [0.1, 0.15) is 0 Å². The second-order valence-electron chi connectivity index (χ2n) is 2.56. The van der Waals surface area contributed by atoms with Crippen LogP contribution in [0.5, 0.6) is 0 Å². The first-order valence-electron chi connectivity index (χ1n) is 4.08. The lowest BCUT2D eigenvalue weighted by Gasteiger charge is -2.17. The van der Waals surface area contributed by atoms with Crippen molar-refractivity contribution in [3.8, 4) is 0 Å². The normalized spacial score (nSPS) is 11.4. The monoisotopic (exact) mass is 218 g/mol. The lowest BCUT2D eigenvalue weighted by Crippen LogP contribution is -2.45. The summed E-state index contributed by atoms with van der Waals surface area (Å²) < 4.78 is 8.78. The van der Waals surface area contributed by atoms with Crippen LogP contribution in [0.15, 0.2) is 12.7 Å². The van der Waals surface area contributed by atoms with Gasteiger partial charge in [0.25, 0.3) is 0 Å². The summed E-state index contributed by atoms with van der Waals surface area (Å²) in [4.78, 5) is 21.8. The summed E-state index contributed by atoms with van der Waals surface area (Å²) in [6.45, 7) is 2.94. The van der Waals surface area contributed by atoms with Crippen LogP contribution in [0, 0.1) is 0 Å². The Morgan fingerprint density at radius 1 is 1.67 bits per heavy atom. The van der Waals surface area contributed by atoms with Crippen molar-refractivity contribution in [3.63, 3.8) is 0 Å². The summed E-state index contributed by atoms with van der Waals surface area (Å²) >= 11 is 0. The van der Waals surface area contributed by atoms with Gasteiger partial charge in [-0.3, -0.25) is 0 Å². The molecule has 1 amide bonds. The van der Waals surface area contributed by atoms with Crippen molar-refractivity contribution in [2.75, 3.05) is 20.3 Å². The van der Waals surface area contributed by atoms with Gasteiger partial charge < -0.3 is 14.6 Å². The predicted octanol–water partition coefficient (Wildman–Crippen LogP) is -0.981. The molecule has 0 aromatic rings. The van der Waals surface area contributed by atoms with Crippen molar-refractivity contribution < 1.29 is 24.2 Å². The van der Waals surface area contributed by atoms with Gasteiger partial charge in [-0.2, -0.15) is 0 Å². The molecular formula is C8H14N2O5. The Morgan fingerprint density at radius 3 is 2.73 bits per heavy atom. The predicted molar refractivity (Wildman–Crippen MR) is 50.5 cm³/mol. The van der Waals surface area contributed by atoms with Crippen molar-refractivity contribution in [1.29, 1.82) is 0 Å². The first kappa shape index (κ1) is 13.4. The number of amides is 1. The molecule has 1 atom stereocenters. The molecule has 7 nitrogen and oxygen atoms in total. The van der Waals surface area contributed by atoms with Gasteiger partial charge in [-0.25, -0.2) is 20.4 Å². The third-order valence-corrected chi connectivity index (χ3v) is 1.40. The summed E-state index contributed by atoms with van der Waals surface area (Å²) in [5.74, 6) is 4.33. The number of ether oxygens (including phenoxy) is 2. The average molecular weight is 218 g/mol. The van der Waals surface area contributed by atoms with Crippen LogP contribution in [0.4, 0.5) is 4.79 Å². The summed E-state index contributed by atoms with van der Waals surface area (Å²) in [5, 5.41) is 9.71. The van der Waals surface area contributed by atoms with Crippen LogP contribution in [0.3, 0.4) is 0 Å². The van der Waals surface area contributed by atoms with E-state index in [1.54, 1.807) is 0 Å². The van der Waals surface area contributed by atoms with Gasteiger partial charge in [-0.15, -0.1) is 0 Å². The zero-order valence-electron chi connectivity index (χ0n) is 8.38. The van der Waals surface area contributed by atoms with E-state index in [1.165, 1.54) is 6.08 Å². The Balaban J connectivity index is 4.00. The minimum absolute atomic E-state index is 0.000846. The lowest BCUT2D eigenvalue weighted by molar-refractivity contribution is -0.151. The van der Waals surface area contributed by atoms with Crippen LogP contribution in [0.25, 0.3) is 0 Å². The summed E-state index contributed by atoms with van der Waals surface area (Å²) in [7, 11) is 1.11. The van der Waals surface area contributed by atoms with Crippen LogP contribution in [-0.4, -0.2) is 48.5 Å². The molecule has 0 radical (unpaired) electrons. The Kier molecular flexibility index (Phi) is 6.07. The first-order valence-corrected chi connectivity index (χ1v) is 4.08. The molecular weight excluding hydrogens is 204 g/mol. The zero-order chi connectivity index (χ0) is 11.8. The van der Waals surface area contributed by atoms with Gasteiger partial charge in [0.1, 0.15) is 6.61 Å². The maximum atomic E-state index is 11.0. The van der Waals surface area contributed by atoms with Gasteiger partial charge in [0.15, 0.2) is 6.10 Å². The van der Waals surface area contributed by atoms with E-state index in [-0.39, 0.29) is 6.61 Å². The summed E-state index contributed by atoms with van der Waals surface area (Å²) in [6, 6.07) is 0. The van der Waals surface area contributed by atoms with E-state index < -0.39 is 24.7 Å². The molecule has 0 bridgehead atoms. The Morgan fingerprint density at radius 2 is 2.27 bits per heavy atom. The van der Waals surface area contributed by atoms with E-state index in [0.29, 0.717) is 5.01 Å². The number of hydrogen-bond donors (Lipinski definition) is 2. The van der Waals surface area contributed by atoms with Crippen molar-refractivity contribution in [2.24, 2.45) is 5.84 Å². The van der Waals surface area contributed by atoms with E-state index in [0.717, 1.165) is 7.11 Å². The SMILES string of the molecule is C=CCOC(=O)N(N)C[C@@H](O)C(=O)OC. The summed E-state index contributed by atoms with van der Waals surface area (Å²) in [6.07, 6.45) is -0.989. The standard InChI is InChI=1S/C8H14N2O5/c1-3-4-15-8(13)10(9)5-6(11)7(12)14-2/h3,6,11H,1,4-5,9H2,2H3/t6-/m1/s1. The number of esters is 1. The number of aliphatic hydroxyl groups excluding tert-OH is 1. The molecule has 0 fully saturated rings. The number of aliphatic hydroxyl groups is 1. The van der Waals surface area contributed by atoms with Crippen LogP contribution >= 0.6 is 0 Å². The number of carbonyl (C=O) groups excluding carboxylic acids is 2. The highest BCUT2D eigenvalue weighted by Crippen LogP contribution is 1.93. The van der Waals surface area contributed by atoms with Gasteiger partial charge in [-0.05, 0) is 0 Å². The molecule has 15 heavy (non-hydrogen) atoms. The minimum Gasteiger partial charge on any atom is -0.467 e. The largest absolute Gasteiger partial charge is 0.467 e. The van der Waals surface area contributed by atoms with Gasteiger partial charge in [0.2, 0.25) is 0 Å². The molecule has 0 heterocycles. The third-order valence-electron chi connectivity index (χ3n) is 1.40. The lowest BCUT2D eigenvalue weighted by atomic mass is 10.3. The second kappa shape index (κ2) is 6.80. The number of hydrazine groups is 1. The molecule has 0 aromatic carbocycles. The van der Waals surface area contributed by atoms with Crippen LogP contribution in [-0.2, 0) is 14.3 Å². The third kappa shape index (κ3) is 4.99.